The van der Waals surface area contributed by atoms with E-state index >= 15 is 0 Å². The van der Waals surface area contributed by atoms with Crippen molar-refractivity contribution in [3.63, 3.8) is 0 Å². The lowest BCUT2D eigenvalue weighted by atomic mass is 9.97. The Hall–Kier alpha value is -6.02. The molecule has 0 N–H and O–H groups in total. The third kappa shape index (κ3) is 4.10. The third-order valence-electron chi connectivity index (χ3n) is 7.23. The lowest BCUT2D eigenvalue weighted by Crippen LogP contribution is -2.02. The zero-order valence-electron chi connectivity index (χ0n) is 22.1. The predicted octanol–water partition coefficient (Wildman–Crippen LogP) is 6.97. The summed E-state index contributed by atoms with van der Waals surface area (Å²) >= 11 is 0. The Morgan fingerprint density at radius 3 is 1.71 bits per heavy atom. The highest BCUT2D eigenvalue weighted by atomic mass is 15.1. The fourth-order valence-electron chi connectivity index (χ4n) is 5.23. The van der Waals surface area contributed by atoms with Gasteiger partial charge < -0.3 is 0 Å². The van der Waals surface area contributed by atoms with Crippen LogP contribution in [0.3, 0.4) is 0 Å². The van der Waals surface area contributed by atoms with E-state index in [0.717, 1.165) is 38.5 Å². The molecule has 8 aromatic rings. The van der Waals surface area contributed by atoms with Crippen molar-refractivity contribution in [2.45, 2.75) is 0 Å². The van der Waals surface area contributed by atoms with Crippen LogP contribution in [-0.4, -0.2) is 39.9 Å². The van der Waals surface area contributed by atoms with Crippen molar-refractivity contribution >= 4 is 32.4 Å². The maximum absolute atomic E-state index is 5.03. The van der Waals surface area contributed by atoms with Gasteiger partial charge in [-0.1, -0.05) is 54.6 Å². The van der Waals surface area contributed by atoms with Crippen LogP contribution in [-0.2, 0) is 0 Å². The van der Waals surface area contributed by atoms with Crippen LogP contribution >= 0.6 is 0 Å². The van der Waals surface area contributed by atoms with Crippen LogP contribution in [0.5, 0.6) is 0 Å². The van der Waals surface area contributed by atoms with E-state index in [1.807, 2.05) is 36.4 Å². The summed E-state index contributed by atoms with van der Waals surface area (Å²) in [6.07, 6.45) is 10.3. The smallest absolute Gasteiger partial charge is 0.184 e. The quantitative estimate of drug-likeness (QED) is 0.220. The van der Waals surface area contributed by atoms with Gasteiger partial charge in [-0.05, 0) is 41.1 Å². The van der Waals surface area contributed by atoms with Crippen LogP contribution < -0.4 is 0 Å². The van der Waals surface area contributed by atoms with Crippen molar-refractivity contribution in [1.82, 2.24) is 39.9 Å². The highest BCUT2D eigenvalue weighted by Gasteiger charge is 2.16. The van der Waals surface area contributed by atoms with E-state index in [1.165, 1.54) is 10.8 Å². The zero-order valence-corrected chi connectivity index (χ0v) is 22.1. The molecular formula is C34H20N8. The first-order chi connectivity index (χ1) is 20.8. The summed E-state index contributed by atoms with van der Waals surface area (Å²) in [6.45, 7) is 0. The number of hydrogen-bond donors (Lipinski definition) is 0. The molecule has 42 heavy (non-hydrogen) atoms. The number of pyridine rings is 3. The van der Waals surface area contributed by atoms with E-state index in [1.54, 1.807) is 37.2 Å². The lowest BCUT2D eigenvalue weighted by molar-refractivity contribution is 1.05. The molecule has 8 rings (SSSR count). The molecule has 0 saturated heterocycles. The number of para-hydroxylation sites is 1. The SMILES string of the molecule is c1ccc2c(c1)ccc1c(-c3cnc(-c4nc(-c5ccncc5)nc(-c5ccncc5)n4)cn3)nc3ccccc3c12. The molecule has 0 radical (unpaired) electrons. The van der Waals surface area contributed by atoms with Gasteiger partial charge in [-0.2, -0.15) is 0 Å². The molecule has 0 fully saturated rings. The molecule has 0 aliphatic carbocycles. The van der Waals surface area contributed by atoms with Gasteiger partial charge in [-0.3, -0.25) is 15.0 Å². The molecule has 0 amide bonds. The second kappa shape index (κ2) is 9.87. The molecule has 5 aromatic heterocycles. The van der Waals surface area contributed by atoms with Crippen molar-refractivity contribution in [2.24, 2.45) is 0 Å². The maximum Gasteiger partial charge on any atom is 0.184 e. The molecule has 0 aliphatic heterocycles. The second-order valence-electron chi connectivity index (χ2n) is 9.75. The topological polar surface area (TPSA) is 103 Å². The van der Waals surface area contributed by atoms with Crippen molar-refractivity contribution in [2.75, 3.05) is 0 Å². The molecule has 0 aliphatic rings. The van der Waals surface area contributed by atoms with Crippen molar-refractivity contribution in [1.29, 1.82) is 0 Å². The Bertz CT molecular complexity index is 2160. The average Bonchev–Trinajstić information content (AvgIpc) is 3.08. The fraction of sp³-hybridized carbons (Fsp3) is 0. The molecule has 0 spiro atoms. The monoisotopic (exact) mass is 540 g/mol. The Morgan fingerprint density at radius 2 is 1.02 bits per heavy atom. The van der Waals surface area contributed by atoms with Gasteiger partial charge >= 0.3 is 0 Å². The number of hydrogen-bond acceptors (Lipinski definition) is 8. The number of aromatic nitrogens is 8. The Morgan fingerprint density at radius 1 is 0.429 bits per heavy atom. The minimum atomic E-state index is 0.421. The van der Waals surface area contributed by atoms with Gasteiger partial charge in [0.2, 0.25) is 0 Å². The van der Waals surface area contributed by atoms with Crippen LogP contribution in [0.4, 0.5) is 0 Å². The molecule has 0 atom stereocenters. The van der Waals surface area contributed by atoms with Gasteiger partial charge in [0, 0.05) is 52.1 Å². The Kier molecular flexibility index (Phi) is 5.60. The summed E-state index contributed by atoms with van der Waals surface area (Å²) in [5.74, 6) is 1.47. The highest BCUT2D eigenvalue weighted by molar-refractivity contribution is 6.22. The number of nitrogens with zero attached hydrogens (tertiary/aromatic N) is 8. The minimum Gasteiger partial charge on any atom is -0.265 e. The Balaban J connectivity index is 1.28. The number of benzene rings is 3. The van der Waals surface area contributed by atoms with Crippen LogP contribution in [0, 0.1) is 0 Å². The van der Waals surface area contributed by atoms with E-state index in [-0.39, 0.29) is 0 Å². The van der Waals surface area contributed by atoms with Gasteiger partial charge in [-0.15, -0.1) is 0 Å². The van der Waals surface area contributed by atoms with Crippen LogP contribution in [0.1, 0.15) is 0 Å². The lowest BCUT2D eigenvalue weighted by Gasteiger charge is -2.12. The molecule has 3 aromatic carbocycles. The summed E-state index contributed by atoms with van der Waals surface area (Å²) in [7, 11) is 0. The van der Waals surface area contributed by atoms with E-state index < -0.39 is 0 Å². The van der Waals surface area contributed by atoms with Crippen LogP contribution in [0.25, 0.3) is 78.1 Å². The maximum atomic E-state index is 5.03. The summed E-state index contributed by atoms with van der Waals surface area (Å²) in [4.78, 5) is 37.1. The first-order valence-corrected chi connectivity index (χ1v) is 13.4. The highest BCUT2D eigenvalue weighted by Crippen LogP contribution is 2.36. The molecular weight excluding hydrogens is 520 g/mol. The summed E-state index contributed by atoms with van der Waals surface area (Å²) in [6, 6.07) is 28.3. The van der Waals surface area contributed by atoms with Crippen molar-refractivity contribution < 1.29 is 0 Å². The van der Waals surface area contributed by atoms with Gasteiger partial charge in [0.1, 0.15) is 11.4 Å². The molecule has 196 valence electrons. The van der Waals surface area contributed by atoms with Crippen LogP contribution in [0.2, 0.25) is 0 Å². The second-order valence-corrected chi connectivity index (χ2v) is 9.75. The van der Waals surface area contributed by atoms with Gasteiger partial charge in [0.25, 0.3) is 0 Å². The predicted molar refractivity (Wildman–Crippen MR) is 163 cm³/mol. The molecule has 0 unspecified atom stereocenters. The molecule has 8 nitrogen and oxygen atoms in total. The molecule has 5 heterocycles. The van der Waals surface area contributed by atoms with E-state index in [4.69, 9.17) is 29.9 Å². The largest absolute Gasteiger partial charge is 0.265 e. The van der Waals surface area contributed by atoms with E-state index in [2.05, 4.69) is 58.5 Å². The number of fused-ring (bicyclic) bond motifs is 5. The first-order valence-electron chi connectivity index (χ1n) is 13.4. The van der Waals surface area contributed by atoms with Crippen molar-refractivity contribution in [3.05, 3.63) is 122 Å². The van der Waals surface area contributed by atoms with E-state index in [0.29, 0.717) is 28.9 Å². The molecule has 0 saturated carbocycles. The third-order valence-corrected chi connectivity index (χ3v) is 7.23. The first kappa shape index (κ1) is 23.8. The van der Waals surface area contributed by atoms with Gasteiger partial charge in [0.15, 0.2) is 17.5 Å². The molecule has 0 bridgehead atoms. The minimum absolute atomic E-state index is 0.421. The Labute approximate surface area is 239 Å². The summed E-state index contributed by atoms with van der Waals surface area (Å²) in [5.41, 5.74) is 4.54. The van der Waals surface area contributed by atoms with Crippen molar-refractivity contribution in [3.8, 4) is 45.7 Å². The van der Waals surface area contributed by atoms with Crippen LogP contribution in [0.15, 0.2) is 122 Å². The summed E-state index contributed by atoms with van der Waals surface area (Å²) < 4.78 is 0. The van der Waals surface area contributed by atoms with Gasteiger partial charge in [0.05, 0.1) is 23.6 Å². The zero-order chi connectivity index (χ0) is 27.9. The normalized spacial score (nSPS) is 11.3. The van der Waals surface area contributed by atoms with Gasteiger partial charge in [-0.25, -0.2) is 24.9 Å². The average molecular weight is 541 g/mol. The summed E-state index contributed by atoms with van der Waals surface area (Å²) in [5, 5.41) is 5.64. The van der Waals surface area contributed by atoms with E-state index in [9.17, 15) is 0 Å². The molecule has 8 heteroatoms. The standard InChI is InChI=1S/C34H20N8/c1-2-6-24-21(5-1)9-10-26-30(24)25-7-3-4-8-27(25)39-31(26)28-19-38-29(20-37-28)34-41-32(22-11-15-35-16-12-22)40-33(42-34)23-13-17-36-18-14-23/h1-20H. The number of rotatable bonds is 4. The fourth-order valence-corrected chi connectivity index (χ4v) is 5.23.